The van der Waals surface area contributed by atoms with E-state index in [4.69, 9.17) is 0 Å². The lowest BCUT2D eigenvalue weighted by Crippen LogP contribution is -2.53. The van der Waals surface area contributed by atoms with E-state index in [1.807, 2.05) is 13.0 Å². The summed E-state index contributed by atoms with van der Waals surface area (Å²) in [4.78, 5) is 26.5. The summed E-state index contributed by atoms with van der Waals surface area (Å²) in [6.07, 6.45) is 3.91. The molecule has 2 atom stereocenters. The Morgan fingerprint density at radius 2 is 2.21 bits per heavy atom. The second kappa shape index (κ2) is 7.35. The van der Waals surface area contributed by atoms with Gasteiger partial charge >= 0.3 is 6.03 Å². The summed E-state index contributed by atoms with van der Waals surface area (Å²) in [5, 5.41) is 15.9. The Hall–Kier alpha value is -2.11. The Morgan fingerprint density at radius 3 is 2.74 bits per heavy atom. The molecule has 1 aromatic rings. The van der Waals surface area contributed by atoms with Gasteiger partial charge in [-0.15, -0.1) is 0 Å². The topological polar surface area (TPSA) is 94.2 Å². The summed E-state index contributed by atoms with van der Waals surface area (Å²) in [7, 11) is 0. The molecule has 2 N–H and O–H groups in total. The van der Waals surface area contributed by atoms with Gasteiger partial charge in [-0.3, -0.25) is 4.98 Å². The molecule has 1 aromatic heterocycles. The summed E-state index contributed by atoms with van der Waals surface area (Å²) in [6, 6.07) is 2.06. The highest BCUT2D eigenvalue weighted by Gasteiger charge is 2.19. The van der Waals surface area contributed by atoms with Crippen molar-refractivity contribution in [2.45, 2.75) is 32.9 Å². The molecule has 0 fully saturated rings. The van der Waals surface area contributed by atoms with Crippen molar-refractivity contribution in [3.05, 3.63) is 30.1 Å². The van der Waals surface area contributed by atoms with Gasteiger partial charge in [0.2, 0.25) is 0 Å². The molecule has 1 rings (SSSR count). The molecule has 0 saturated heterocycles. The van der Waals surface area contributed by atoms with Gasteiger partial charge < -0.3 is 20.5 Å². The van der Waals surface area contributed by atoms with Crippen LogP contribution in [-0.4, -0.2) is 23.0 Å². The van der Waals surface area contributed by atoms with Gasteiger partial charge in [-0.2, -0.15) is 0 Å². The van der Waals surface area contributed by atoms with Crippen LogP contribution in [0.2, 0.25) is 0 Å². The zero-order valence-corrected chi connectivity index (χ0v) is 11.1. The molecule has 104 valence electrons. The van der Waals surface area contributed by atoms with Crippen LogP contribution in [-0.2, 0) is 11.3 Å². The first-order valence-corrected chi connectivity index (χ1v) is 6.18. The number of carboxylic acids is 1. The van der Waals surface area contributed by atoms with Crippen LogP contribution in [0.5, 0.6) is 0 Å². The number of nitrogens with one attached hydrogen (secondary N) is 2. The molecule has 0 aliphatic rings. The fraction of sp³-hybridized carbons (Fsp3) is 0.462. The smallest absolute Gasteiger partial charge is 0.315 e. The Kier molecular flexibility index (Phi) is 5.78. The van der Waals surface area contributed by atoms with E-state index in [1.165, 1.54) is 0 Å². The second-order valence-electron chi connectivity index (χ2n) is 4.37. The average Bonchev–Trinajstić information content (AvgIpc) is 2.42. The lowest BCUT2D eigenvalue weighted by molar-refractivity contribution is -0.309. The molecule has 0 spiro atoms. The number of aliphatic carboxylic acids is 1. The highest BCUT2D eigenvalue weighted by atomic mass is 16.4. The number of hydrogen-bond acceptors (Lipinski definition) is 4. The number of carbonyl (C=O) groups is 2. The number of carbonyl (C=O) groups excluding carboxylic acids is 2. The second-order valence-corrected chi connectivity index (χ2v) is 4.37. The third-order valence-corrected chi connectivity index (χ3v) is 2.93. The average molecular weight is 264 g/mol. The fourth-order valence-corrected chi connectivity index (χ4v) is 1.55. The molecule has 0 aliphatic heterocycles. The molecular weight excluding hydrogens is 246 g/mol. The van der Waals surface area contributed by atoms with Crippen molar-refractivity contribution in [3.63, 3.8) is 0 Å². The molecule has 0 saturated carbocycles. The minimum Gasteiger partial charge on any atom is -0.548 e. The predicted molar refractivity (Wildman–Crippen MR) is 67.9 cm³/mol. The van der Waals surface area contributed by atoms with Crippen molar-refractivity contribution in [1.29, 1.82) is 0 Å². The molecule has 0 aliphatic carbocycles. The molecule has 6 heteroatoms. The molecule has 0 aromatic carbocycles. The van der Waals surface area contributed by atoms with Crippen LogP contribution in [0.1, 0.15) is 25.8 Å². The summed E-state index contributed by atoms with van der Waals surface area (Å²) in [5.74, 6) is -1.46. The first-order chi connectivity index (χ1) is 9.04. The molecular formula is C13H18N3O3-. The van der Waals surface area contributed by atoms with E-state index in [0.29, 0.717) is 13.0 Å². The Morgan fingerprint density at radius 1 is 1.47 bits per heavy atom. The van der Waals surface area contributed by atoms with Crippen LogP contribution >= 0.6 is 0 Å². The van der Waals surface area contributed by atoms with E-state index < -0.39 is 18.0 Å². The van der Waals surface area contributed by atoms with E-state index in [1.54, 1.807) is 25.4 Å². The molecule has 6 nitrogen and oxygen atoms in total. The van der Waals surface area contributed by atoms with Crippen molar-refractivity contribution >= 4 is 12.0 Å². The van der Waals surface area contributed by atoms with Crippen LogP contribution in [0.4, 0.5) is 4.79 Å². The molecule has 19 heavy (non-hydrogen) atoms. The van der Waals surface area contributed by atoms with Gasteiger partial charge in [0.25, 0.3) is 0 Å². The van der Waals surface area contributed by atoms with E-state index in [9.17, 15) is 14.7 Å². The van der Waals surface area contributed by atoms with Gasteiger partial charge in [0.1, 0.15) is 0 Å². The predicted octanol–water partition coefficient (Wildman–Crippen LogP) is 0.0454. The van der Waals surface area contributed by atoms with Crippen molar-refractivity contribution in [3.8, 4) is 0 Å². The number of nitrogens with zero attached hydrogens (tertiary/aromatic N) is 1. The van der Waals surface area contributed by atoms with Gasteiger partial charge in [0, 0.05) is 18.9 Å². The molecule has 2 amide bonds. The SMILES string of the molecule is CC[C@@H](C)[C@H](NC(=O)NCc1cccnc1)C(=O)[O-]. The first-order valence-electron chi connectivity index (χ1n) is 6.18. The summed E-state index contributed by atoms with van der Waals surface area (Å²) >= 11 is 0. The van der Waals surface area contributed by atoms with Gasteiger partial charge in [-0.1, -0.05) is 26.3 Å². The molecule has 0 unspecified atom stereocenters. The quantitative estimate of drug-likeness (QED) is 0.758. The molecule has 1 heterocycles. The summed E-state index contributed by atoms with van der Waals surface area (Å²) < 4.78 is 0. The summed E-state index contributed by atoms with van der Waals surface area (Å²) in [6.45, 7) is 3.90. The van der Waals surface area contributed by atoms with Gasteiger partial charge in [0.15, 0.2) is 0 Å². The highest BCUT2D eigenvalue weighted by molar-refractivity contribution is 5.81. The van der Waals surface area contributed by atoms with Gasteiger partial charge in [0.05, 0.1) is 12.0 Å². The maximum Gasteiger partial charge on any atom is 0.315 e. The number of pyridine rings is 1. The number of rotatable bonds is 6. The monoisotopic (exact) mass is 264 g/mol. The van der Waals surface area contributed by atoms with E-state index in [0.717, 1.165) is 5.56 Å². The Bertz CT molecular complexity index is 422. The molecule has 0 radical (unpaired) electrons. The van der Waals surface area contributed by atoms with Crippen LogP contribution in [0, 0.1) is 5.92 Å². The number of amides is 2. The third kappa shape index (κ3) is 4.95. The Balaban J connectivity index is 2.47. The number of aromatic nitrogens is 1. The van der Waals surface area contributed by atoms with Crippen molar-refractivity contribution < 1.29 is 14.7 Å². The largest absolute Gasteiger partial charge is 0.548 e. The first kappa shape index (κ1) is 14.9. The van der Waals surface area contributed by atoms with Crippen LogP contribution in [0.25, 0.3) is 0 Å². The van der Waals surface area contributed by atoms with Crippen LogP contribution in [0.15, 0.2) is 24.5 Å². The number of urea groups is 1. The lowest BCUT2D eigenvalue weighted by Gasteiger charge is -2.25. The van der Waals surface area contributed by atoms with E-state index >= 15 is 0 Å². The van der Waals surface area contributed by atoms with E-state index in [2.05, 4.69) is 15.6 Å². The van der Waals surface area contributed by atoms with Gasteiger partial charge in [-0.05, 0) is 17.5 Å². The summed E-state index contributed by atoms with van der Waals surface area (Å²) in [5.41, 5.74) is 0.839. The fourth-order valence-electron chi connectivity index (χ4n) is 1.55. The van der Waals surface area contributed by atoms with Gasteiger partial charge in [-0.25, -0.2) is 4.79 Å². The Labute approximate surface area is 112 Å². The van der Waals surface area contributed by atoms with Crippen molar-refractivity contribution in [2.75, 3.05) is 0 Å². The number of hydrogen-bond donors (Lipinski definition) is 2. The van der Waals surface area contributed by atoms with Crippen molar-refractivity contribution in [2.24, 2.45) is 5.92 Å². The third-order valence-electron chi connectivity index (χ3n) is 2.93. The highest BCUT2D eigenvalue weighted by Crippen LogP contribution is 2.06. The lowest BCUT2D eigenvalue weighted by atomic mass is 9.99. The normalized spacial score (nSPS) is 13.4. The van der Waals surface area contributed by atoms with E-state index in [-0.39, 0.29) is 5.92 Å². The maximum atomic E-state index is 11.6. The maximum absolute atomic E-state index is 11.6. The van der Waals surface area contributed by atoms with Crippen LogP contribution < -0.4 is 15.7 Å². The van der Waals surface area contributed by atoms with Crippen molar-refractivity contribution in [1.82, 2.24) is 15.6 Å². The number of carboxylic acid groups (broad SMARTS) is 1. The zero-order valence-electron chi connectivity index (χ0n) is 11.1. The zero-order chi connectivity index (χ0) is 14.3. The minimum absolute atomic E-state index is 0.186. The molecule has 0 bridgehead atoms. The minimum atomic E-state index is -1.27. The standard InChI is InChI=1S/C13H19N3O3/c1-3-9(2)11(12(17)18)16-13(19)15-8-10-5-4-6-14-7-10/h4-7,9,11H,3,8H2,1-2H3,(H,17,18)(H2,15,16,19)/p-1/t9-,11+/m1/s1. The van der Waals surface area contributed by atoms with Crippen LogP contribution in [0.3, 0.4) is 0 Å².